The molecule has 2 aromatic heterocycles. The van der Waals surface area contributed by atoms with Crippen LogP contribution in [0.4, 0.5) is 47.1 Å². The molecule has 2 fully saturated rings. The molecule has 6 N–H and O–H groups in total. The number of nitrogen functional groups attached to an aromatic ring is 2. The molecule has 0 aliphatic carbocycles. The molecule has 50 heavy (non-hydrogen) atoms. The van der Waals surface area contributed by atoms with Gasteiger partial charge in [-0.15, -0.1) is 0 Å². The highest BCUT2D eigenvalue weighted by Gasteiger charge is 2.19. The SMILES string of the molecule is Nc1nc(Nc2ccc(/C=C/c3ccc(Nc4nc(N)nc(N5CCOCC5)n4)cc3S(=O)(=O)[O-])c(S(=O)(=O)[O-])c2)nc(N2CCOCC2)n1. The molecule has 0 radical (unpaired) electrons. The average molecular weight is 727 g/mol. The lowest BCUT2D eigenvalue weighted by Gasteiger charge is -2.26. The number of benzene rings is 2. The van der Waals surface area contributed by atoms with Crippen molar-refractivity contribution in [1.29, 1.82) is 0 Å². The number of nitrogens with two attached hydrogens (primary N) is 2. The van der Waals surface area contributed by atoms with Gasteiger partial charge < -0.3 is 50.5 Å². The van der Waals surface area contributed by atoms with Crippen LogP contribution in [0.3, 0.4) is 0 Å². The predicted molar refractivity (Wildman–Crippen MR) is 179 cm³/mol. The molecule has 20 nitrogen and oxygen atoms in total. The second kappa shape index (κ2) is 14.3. The molecule has 4 aromatic rings. The zero-order chi connectivity index (χ0) is 35.5. The molecule has 264 valence electrons. The number of hydrogen-bond donors (Lipinski definition) is 4. The first-order chi connectivity index (χ1) is 23.8. The lowest BCUT2D eigenvalue weighted by molar-refractivity contribution is 0.122. The Hall–Kier alpha value is -5.26. The number of aromatic nitrogens is 6. The Bertz CT molecular complexity index is 1990. The molecule has 0 unspecified atom stereocenters. The first-order valence-electron chi connectivity index (χ1n) is 14.9. The molecule has 2 aliphatic heterocycles. The van der Waals surface area contributed by atoms with Gasteiger partial charge in [-0.05, 0) is 35.4 Å². The molecule has 0 bridgehead atoms. The summed E-state index contributed by atoms with van der Waals surface area (Å²) in [4.78, 5) is 27.5. The molecule has 2 saturated heterocycles. The van der Waals surface area contributed by atoms with Crippen LogP contribution in [0.2, 0.25) is 0 Å². The minimum absolute atomic E-state index is 0.00713. The largest absolute Gasteiger partial charge is 0.744 e. The van der Waals surface area contributed by atoms with E-state index in [-0.39, 0.29) is 46.3 Å². The van der Waals surface area contributed by atoms with Gasteiger partial charge in [-0.1, -0.05) is 24.3 Å². The van der Waals surface area contributed by atoms with Crippen molar-refractivity contribution < 1.29 is 35.4 Å². The number of nitrogens with zero attached hydrogens (tertiary/aromatic N) is 8. The number of rotatable bonds is 10. The van der Waals surface area contributed by atoms with Gasteiger partial charge in [0, 0.05) is 37.6 Å². The summed E-state index contributed by atoms with van der Waals surface area (Å²) in [5.74, 6) is 0.432. The van der Waals surface area contributed by atoms with E-state index in [4.69, 9.17) is 20.9 Å². The van der Waals surface area contributed by atoms with Crippen LogP contribution in [-0.2, 0) is 29.7 Å². The summed E-state index contributed by atoms with van der Waals surface area (Å²) in [6, 6.07) is 7.67. The van der Waals surface area contributed by atoms with Gasteiger partial charge in [0.25, 0.3) is 0 Å². The molecular weight excluding hydrogens is 697 g/mol. The Morgan fingerprint density at radius 1 is 0.620 bits per heavy atom. The summed E-state index contributed by atoms with van der Waals surface area (Å²) < 4.78 is 84.4. The number of anilines is 8. The van der Waals surface area contributed by atoms with Crippen LogP contribution < -0.4 is 31.9 Å². The predicted octanol–water partition coefficient (Wildman–Crippen LogP) is 0.360. The molecule has 2 aliphatic rings. The molecule has 0 amide bonds. The maximum atomic E-state index is 12.3. The highest BCUT2D eigenvalue weighted by molar-refractivity contribution is 7.86. The smallest absolute Gasteiger partial charge is 0.233 e. The van der Waals surface area contributed by atoms with Gasteiger partial charge >= 0.3 is 0 Å². The zero-order valence-corrected chi connectivity index (χ0v) is 27.7. The first-order valence-corrected chi connectivity index (χ1v) is 17.7. The Labute approximate surface area is 286 Å². The summed E-state index contributed by atoms with van der Waals surface area (Å²) in [6.45, 7) is 4.02. The van der Waals surface area contributed by atoms with E-state index in [1.54, 1.807) is 0 Å². The van der Waals surface area contributed by atoms with Gasteiger partial charge in [0.15, 0.2) is 0 Å². The van der Waals surface area contributed by atoms with Gasteiger partial charge in [-0.25, -0.2) is 16.8 Å². The monoisotopic (exact) mass is 726 g/mol. The van der Waals surface area contributed by atoms with E-state index in [0.29, 0.717) is 64.5 Å². The molecular formula is C28H30N12O8S2-2. The Morgan fingerprint density at radius 2 is 1.00 bits per heavy atom. The molecule has 0 saturated carbocycles. The van der Waals surface area contributed by atoms with E-state index >= 15 is 0 Å². The number of ether oxygens (including phenoxy) is 2. The fourth-order valence-electron chi connectivity index (χ4n) is 5.05. The van der Waals surface area contributed by atoms with E-state index in [1.165, 1.54) is 36.4 Å². The van der Waals surface area contributed by atoms with Crippen molar-refractivity contribution in [3.05, 3.63) is 47.5 Å². The summed E-state index contributed by atoms with van der Waals surface area (Å²) >= 11 is 0. The van der Waals surface area contributed by atoms with Crippen LogP contribution in [-0.4, -0.2) is 108 Å². The second-order valence-corrected chi connectivity index (χ2v) is 13.5. The first kappa shape index (κ1) is 34.6. The van der Waals surface area contributed by atoms with Crippen molar-refractivity contribution in [3.63, 3.8) is 0 Å². The van der Waals surface area contributed by atoms with Crippen molar-refractivity contribution in [1.82, 2.24) is 29.9 Å². The molecule has 4 heterocycles. The van der Waals surface area contributed by atoms with Gasteiger partial charge in [0.05, 0.1) is 36.2 Å². The fourth-order valence-corrected chi connectivity index (χ4v) is 6.45. The van der Waals surface area contributed by atoms with Crippen LogP contribution in [0.25, 0.3) is 12.2 Å². The number of morpholine rings is 2. The van der Waals surface area contributed by atoms with Crippen LogP contribution in [0.15, 0.2) is 46.2 Å². The van der Waals surface area contributed by atoms with Crippen LogP contribution in [0.5, 0.6) is 0 Å². The third-order valence-electron chi connectivity index (χ3n) is 7.39. The van der Waals surface area contributed by atoms with Gasteiger partial charge in [-0.2, -0.15) is 29.9 Å². The lowest BCUT2D eigenvalue weighted by atomic mass is 10.1. The quantitative estimate of drug-likeness (QED) is 0.127. The van der Waals surface area contributed by atoms with Crippen LogP contribution in [0.1, 0.15) is 11.1 Å². The van der Waals surface area contributed by atoms with E-state index in [0.717, 1.165) is 12.1 Å². The summed E-state index contributed by atoms with van der Waals surface area (Å²) in [6.07, 6.45) is 2.40. The van der Waals surface area contributed by atoms with Crippen LogP contribution >= 0.6 is 0 Å². The van der Waals surface area contributed by atoms with E-state index in [1.807, 2.05) is 9.80 Å². The third kappa shape index (κ3) is 8.47. The van der Waals surface area contributed by atoms with Crippen molar-refractivity contribution in [2.45, 2.75) is 9.79 Å². The molecule has 6 rings (SSSR count). The van der Waals surface area contributed by atoms with Crippen molar-refractivity contribution in [3.8, 4) is 0 Å². The number of nitrogens with one attached hydrogen (secondary N) is 2. The number of hydrogen-bond acceptors (Lipinski definition) is 20. The zero-order valence-electron chi connectivity index (χ0n) is 26.1. The van der Waals surface area contributed by atoms with E-state index < -0.39 is 30.0 Å². The Morgan fingerprint density at radius 3 is 1.36 bits per heavy atom. The Kier molecular flexibility index (Phi) is 9.90. The summed E-state index contributed by atoms with van der Waals surface area (Å²) in [5, 5.41) is 5.67. The normalized spacial score (nSPS) is 15.7. The van der Waals surface area contributed by atoms with Gasteiger partial charge in [-0.3, -0.25) is 0 Å². The maximum Gasteiger partial charge on any atom is 0.233 e. The summed E-state index contributed by atoms with van der Waals surface area (Å²) in [7, 11) is -10.1. The van der Waals surface area contributed by atoms with Crippen LogP contribution in [0, 0.1) is 0 Å². The third-order valence-corrected chi connectivity index (χ3v) is 9.17. The minimum atomic E-state index is -5.05. The van der Waals surface area contributed by atoms with Crippen molar-refractivity contribution in [2.24, 2.45) is 0 Å². The average Bonchev–Trinajstić information content (AvgIpc) is 3.07. The maximum absolute atomic E-state index is 12.3. The molecule has 0 atom stereocenters. The standard InChI is InChI=1S/C28H32N12O8S2/c29-23-33-25(37-27(35-23)39-7-11-47-12-8-39)31-19-5-3-17(21(15-19)49(41,42)43)1-2-18-4-6-20(16-22(18)50(44,45)46)32-26-34-24(30)36-28(38-26)40-9-13-48-14-10-40/h1-6,15-16H,7-14H2,(H,41,42,43)(H,44,45,46)(H3,29,31,33,35,37)(H3,30,32,34,36,38)/p-2/b2-1+. The van der Waals surface area contributed by atoms with Gasteiger partial charge in [0.2, 0.25) is 35.7 Å². The van der Waals surface area contributed by atoms with Crippen molar-refractivity contribution >= 4 is 79.5 Å². The van der Waals surface area contributed by atoms with E-state index in [2.05, 4.69) is 40.5 Å². The highest BCUT2D eigenvalue weighted by atomic mass is 32.2. The molecule has 2 aromatic carbocycles. The molecule has 22 heteroatoms. The van der Waals surface area contributed by atoms with Crippen molar-refractivity contribution in [2.75, 3.05) is 84.5 Å². The Balaban J connectivity index is 1.26. The lowest BCUT2D eigenvalue weighted by Crippen LogP contribution is -2.37. The van der Waals surface area contributed by atoms with E-state index in [9.17, 15) is 25.9 Å². The highest BCUT2D eigenvalue weighted by Crippen LogP contribution is 2.28. The topological polar surface area (TPSA) is 293 Å². The fraction of sp³-hybridized carbons (Fsp3) is 0.286. The van der Waals surface area contributed by atoms with Gasteiger partial charge in [0.1, 0.15) is 20.2 Å². The summed E-state index contributed by atoms with van der Waals surface area (Å²) in [5.41, 5.74) is 11.9. The molecule has 0 spiro atoms. The second-order valence-electron chi connectivity index (χ2n) is 10.8. The minimum Gasteiger partial charge on any atom is -0.744 e.